The summed E-state index contributed by atoms with van der Waals surface area (Å²) in [5.41, 5.74) is -0.727. The van der Waals surface area contributed by atoms with Gasteiger partial charge in [0.05, 0.1) is 17.8 Å². The number of ketones is 1. The van der Waals surface area contributed by atoms with Crippen molar-refractivity contribution in [1.82, 2.24) is 35.7 Å². The molecule has 13 nitrogen and oxygen atoms in total. The number of amides is 5. The second-order valence-electron chi connectivity index (χ2n) is 16.3. The van der Waals surface area contributed by atoms with Crippen LogP contribution in [0.4, 0.5) is 0 Å². The number of nitrogens with zero attached hydrogens (tertiary/aromatic N) is 4. The smallest absolute Gasteiger partial charge is 0.289 e. The van der Waals surface area contributed by atoms with Gasteiger partial charge in [-0.05, 0) is 42.9 Å². The van der Waals surface area contributed by atoms with Crippen molar-refractivity contribution in [1.29, 1.82) is 0 Å². The Morgan fingerprint density at radius 1 is 1.06 bits per heavy atom. The molecule has 278 valence electrons. The minimum atomic E-state index is -1.01. The molecule has 2 saturated carbocycles. The number of carbonyl (C=O) groups is 6. The number of carbonyl (C=O) groups excluding carboxylic acids is 6. The minimum Gasteiger partial charge on any atom is -0.349 e. The fourth-order valence-electron chi connectivity index (χ4n) is 8.44. The van der Waals surface area contributed by atoms with Crippen molar-refractivity contribution in [3.63, 3.8) is 0 Å². The van der Waals surface area contributed by atoms with Gasteiger partial charge in [0.15, 0.2) is 0 Å². The quantitative estimate of drug-likeness (QED) is 0.160. The number of Topliss-reactive ketones (excluding diaryl/α,β-unsaturated/α-hetero) is 1. The molecule has 5 amide bonds. The van der Waals surface area contributed by atoms with Crippen LogP contribution in [0.5, 0.6) is 0 Å². The monoisotopic (exact) mass is 705 g/mol. The molecule has 5 rings (SSSR count). The van der Waals surface area contributed by atoms with Gasteiger partial charge >= 0.3 is 0 Å². The summed E-state index contributed by atoms with van der Waals surface area (Å²) in [7, 11) is 0. The van der Waals surface area contributed by atoms with E-state index < -0.39 is 64.5 Å². The van der Waals surface area contributed by atoms with Crippen LogP contribution in [-0.2, 0) is 24.0 Å². The Morgan fingerprint density at radius 3 is 2.31 bits per heavy atom. The zero-order valence-electron chi connectivity index (χ0n) is 31.0. The average molecular weight is 706 g/mol. The molecular formula is C38H55N7O6. The molecule has 1 aromatic rings. The van der Waals surface area contributed by atoms with Crippen molar-refractivity contribution in [3.8, 4) is 0 Å². The molecular weight excluding hydrogens is 650 g/mol. The molecule has 1 aromatic heterocycles. The first kappa shape index (κ1) is 38.1. The van der Waals surface area contributed by atoms with E-state index in [1.807, 2.05) is 41.5 Å². The minimum absolute atomic E-state index is 0.0689. The first-order valence-electron chi connectivity index (χ1n) is 18.6. The lowest BCUT2D eigenvalue weighted by Gasteiger charge is -2.63. The molecule has 2 aliphatic carbocycles. The van der Waals surface area contributed by atoms with Crippen LogP contribution < -0.4 is 16.0 Å². The molecule has 1 spiro atoms. The van der Waals surface area contributed by atoms with Gasteiger partial charge in [-0.1, -0.05) is 85.8 Å². The van der Waals surface area contributed by atoms with E-state index >= 15 is 4.79 Å². The molecule has 4 aliphatic rings. The van der Waals surface area contributed by atoms with Gasteiger partial charge in [0, 0.05) is 31.4 Å². The molecule has 5 atom stereocenters. The Hall–Kier alpha value is -4.16. The molecule has 1 unspecified atom stereocenters. The maximum absolute atomic E-state index is 15.1. The summed E-state index contributed by atoms with van der Waals surface area (Å²) in [6.07, 6.45) is 11.0. The molecule has 0 radical (unpaired) electrons. The van der Waals surface area contributed by atoms with Gasteiger partial charge in [-0.15, -0.1) is 0 Å². The van der Waals surface area contributed by atoms with E-state index in [1.165, 1.54) is 23.5 Å². The Bertz CT molecular complexity index is 1530. The molecule has 3 N–H and O–H groups in total. The van der Waals surface area contributed by atoms with E-state index in [1.54, 1.807) is 4.90 Å². The summed E-state index contributed by atoms with van der Waals surface area (Å²) in [5, 5.41) is 8.45. The van der Waals surface area contributed by atoms with Gasteiger partial charge < -0.3 is 25.8 Å². The van der Waals surface area contributed by atoms with Crippen LogP contribution in [-0.4, -0.2) is 97.9 Å². The topological polar surface area (TPSA) is 171 Å². The summed E-state index contributed by atoms with van der Waals surface area (Å²) in [6, 6.07) is -3.80. The van der Waals surface area contributed by atoms with Crippen molar-refractivity contribution in [2.24, 2.45) is 23.2 Å². The molecule has 3 heterocycles. The van der Waals surface area contributed by atoms with Crippen LogP contribution in [0.3, 0.4) is 0 Å². The molecule has 0 bridgehead atoms. The van der Waals surface area contributed by atoms with Crippen LogP contribution in [0.2, 0.25) is 0 Å². The van der Waals surface area contributed by atoms with E-state index in [9.17, 15) is 24.0 Å². The molecule has 2 aliphatic heterocycles. The maximum Gasteiger partial charge on any atom is 0.289 e. The van der Waals surface area contributed by atoms with Gasteiger partial charge in [-0.2, -0.15) is 0 Å². The van der Waals surface area contributed by atoms with Crippen LogP contribution in [0.1, 0.15) is 110 Å². The molecule has 2 saturated heterocycles. The largest absolute Gasteiger partial charge is 0.349 e. The van der Waals surface area contributed by atoms with Gasteiger partial charge in [-0.25, -0.2) is 4.98 Å². The molecule has 4 fully saturated rings. The number of hydrogen-bond acceptors (Lipinski definition) is 8. The lowest BCUT2D eigenvalue weighted by atomic mass is 9.65. The van der Waals surface area contributed by atoms with E-state index in [0.717, 1.165) is 32.1 Å². The van der Waals surface area contributed by atoms with E-state index in [-0.39, 0.29) is 35.9 Å². The van der Waals surface area contributed by atoms with Gasteiger partial charge in [0.2, 0.25) is 23.5 Å². The predicted octanol–water partition coefficient (Wildman–Crippen LogP) is 2.95. The van der Waals surface area contributed by atoms with E-state index in [4.69, 9.17) is 0 Å². The highest BCUT2D eigenvalue weighted by Crippen LogP contribution is 2.49. The standard InChI is InChI=1S/C38H55N7O6/c1-8-16-41-34(49)29(46)25(19-24-12-13-24)42-33(48)28-27(22(2)3)23(4)21-44(28)36(51)31(37(5,6)7)45-35(50)30(38(45)14-10-9-11-15-38)43-32(47)26-20-39-17-18-40-26/h17-18,20,22,24-25,27-28,30-31H,4,8-16,19,21H2,1-3,5-7H3,(H,41,49)(H,42,48)(H,43,47)/t25?,27-,28-,30+,31+/m0/s1. The second-order valence-corrected chi connectivity index (χ2v) is 16.3. The predicted molar refractivity (Wildman–Crippen MR) is 190 cm³/mol. The lowest BCUT2D eigenvalue weighted by Crippen LogP contribution is -2.83. The fourth-order valence-corrected chi connectivity index (χ4v) is 8.44. The summed E-state index contributed by atoms with van der Waals surface area (Å²) < 4.78 is 0. The van der Waals surface area contributed by atoms with Crippen molar-refractivity contribution >= 4 is 35.3 Å². The van der Waals surface area contributed by atoms with Crippen LogP contribution >= 0.6 is 0 Å². The summed E-state index contributed by atoms with van der Waals surface area (Å²) in [4.78, 5) is 94.4. The van der Waals surface area contributed by atoms with Gasteiger partial charge in [0.25, 0.3) is 11.8 Å². The number of nitrogens with one attached hydrogen (secondary N) is 3. The van der Waals surface area contributed by atoms with Gasteiger partial charge in [0.1, 0.15) is 23.8 Å². The first-order chi connectivity index (χ1) is 24.1. The van der Waals surface area contributed by atoms with Crippen molar-refractivity contribution in [2.75, 3.05) is 13.1 Å². The van der Waals surface area contributed by atoms with Crippen LogP contribution in [0.15, 0.2) is 30.7 Å². The van der Waals surface area contributed by atoms with Crippen LogP contribution in [0.25, 0.3) is 0 Å². The Kier molecular flexibility index (Phi) is 11.4. The second kappa shape index (κ2) is 15.2. The van der Waals surface area contributed by atoms with Crippen molar-refractivity contribution < 1.29 is 28.8 Å². The third-order valence-electron chi connectivity index (χ3n) is 11.1. The molecule has 51 heavy (non-hydrogen) atoms. The molecule has 0 aromatic carbocycles. The van der Waals surface area contributed by atoms with Crippen molar-refractivity contribution in [2.45, 2.75) is 129 Å². The summed E-state index contributed by atoms with van der Waals surface area (Å²) in [5.74, 6) is -3.39. The third-order valence-corrected chi connectivity index (χ3v) is 11.1. The summed E-state index contributed by atoms with van der Waals surface area (Å²) in [6.45, 7) is 16.3. The highest BCUT2D eigenvalue weighted by Gasteiger charge is 2.66. The number of aromatic nitrogens is 2. The number of β-lactam (4-membered cyclic amide) rings is 1. The average Bonchev–Trinajstić information content (AvgIpc) is 3.85. The van der Waals surface area contributed by atoms with Crippen molar-refractivity contribution in [3.05, 3.63) is 36.4 Å². The third kappa shape index (κ3) is 7.72. The highest BCUT2D eigenvalue weighted by molar-refractivity contribution is 6.38. The van der Waals surface area contributed by atoms with E-state index in [2.05, 4.69) is 32.5 Å². The first-order valence-corrected chi connectivity index (χ1v) is 18.6. The number of rotatable bonds is 13. The number of likely N-dealkylation sites (tertiary alicyclic amines) is 2. The maximum atomic E-state index is 15.1. The van der Waals surface area contributed by atoms with Gasteiger partial charge in [-0.3, -0.25) is 33.8 Å². The number of hydrogen-bond donors (Lipinski definition) is 3. The highest BCUT2D eigenvalue weighted by atomic mass is 16.2. The Labute approximate surface area is 301 Å². The Morgan fingerprint density at radius 2 is 1.75 bits per heavy atom. The fraction of sp³-hybridized carbons (Fsp3) is 0.684. The zero-order chi connectivity index (χ0) is 37.2. The summed E-state index contributed by atoms with van der Waals surface area (Å²) >= 11 is 0. The normalized spacial score (nSPS) is 24.2. The SMILES string of the molecule is C=C1CN(C(=O)[C@@H](N2C(=O)[C@@H](NC(=O)c3cnccn3)C23CCCCC3)C(C)(C)C)[C@H](C(=O)NC(CC2CC2)C(=O)C(=O)NCCC)[C@H]1C(C)C. The zero-order valence-corrected chi connectivity index (χ0v) is 31.0. The van der Waals surface area contributed by atoms with Crippen LogP contribution in [0, 0.1) is 23.2 Å². The Balaban J connectivity index is 1.46. The van der Waals surface area contributed by atoms with E-state index in [0.29, 0.717) is 37.8 Å². The lowest BCUT2D eigenvalue weighted by molar-refractivity contribution is -0.187. The molecule has 13 heteroatoms.